The third-order valence-electron chi connectivity index (χ3n) is 4.66. The number of carbonyl (C=O) groups is 1. The van der Waals surface area contributed by atoms with E-state index in [2.05, 4.69) is 30.6 Å². The first-order valence-corrected chi connectivity index (χ1v) is 9.38. The molecule has 1 amide bonds. The minimum atomic E-state index is -0.0136. The molecule has 0 saturated carbocycles. The lowest BCUT2D eigenvalue weighted by atomic mass is 10.1. The van der Waals surface area contributed by atoms with Crippen molar-refractivity contribution in [1.82, 2.24) is 24.8 Å². The Balaban J connectivity index is 1.36. The van der Waals surface area contributed by atoms with Crippen LogP contribution in [0.15, 0.2) is 30.9 Å². The second-order valence-corrected chi connectivity index (χ2v) is 7.13. The molecule has 1 atom stereocenters. The number of nitrogens with zero attached hydrogens (tertiary/aromatic N) is 4. The van der Waals surface area contributed by atoms with Gasteiger partial charge in [-0.25, -0.2) is 15.0 Å². The number of anilines is 2. The zero-order valence-electron chi connectivity index (χ0n) is 15.0. The number of hydrogen-bond donors (Lipinski definition) is 4. The van der Waals surface area contributed by atoms with Crippen molar-refractivity contribution in [1.29, 1.82) is 0 Å². The highest BCUT2D eigenvalue weighted by molar-refractivity contribution is 6.31. The third kappa shape index (κ3) is 4.09. The number of rotatable bonds is 5. The molecule has 0 aliphatic carbocycles. The summed E-state index contributed by atoms with van der Waals surface area (Å²) in [5.74, 6) is 0.731. The molecule has 1 fully saturated rings. The van der Waals surface area contributed by atoms with Gasteiger partial charge in [0.05, 0.1) is 12.9 Å². The van der Waals surface area contributed by atoms with E-state index in [9.17, 15) is 9.90 Å². The molecule has 9 nitrogen and oxygen atoms in total. The molecule has 1 saturated heterocycles. The molecule has 0 bridgehead atoms. The Morgan fingerprint density at radius 3 is 3.07 bits per heavy atom. The van der Waals surface area contributed by atoms with Gasteiger partial charge in [0.1, 0.15) is 17.6 Å². The van der Waals surface area contributed by atoms with Crippen molar-refractivity contribution in [3.05, 3.63) is 35.9 Å². The summed E-state index contributed by atoms with van der Waals surface area (Å²) in [5.41, 5.74) is 1.97. The lowest BCUT2D eigenvalue weighted by Gasteiger charge is -2.33. The lowest BCUT2D eigenvalue weighted by Crippen LogP contribution is -2.47. The average Bonchev–Trinajstić information content (AvgIpc) is 3.15. The molecule has 0 radical (unpaired) electrons. The number of aromatic amines is 1. The molecule has 1 aliphatic rings. The van der Waals surface area contributed by atoms with Crippen LogP contribution in [0.2, 0.25) is 5.02 Å². The molecule has 3 aromatic rings. The molecule has 1 aliphatic heterocycles. The highest BCUT2D eigenvalue weighted by atomic mass is 35.5. The monoisotopic (exact) mass is 401 g/mol. The summed E-state index contributed by atoms with van der Waals surface area (Å²) in [7, 11) is 0. The summed E-state index contributed by atoms with van der Waals surface area (Å²) >= 11 is 5.92. The fourth-order valence-electron chi connectivity index (χ4n) is 3.36. The smallest absolute Gasteiger partial charge is 0.241 e. The molecule has 0 spiro atoms. The molecule has 10 heteroatoms. The van der Waals surface area contributed by atoms with Gasteiger partial charge in [0.15, 0.2) is 11.5 Å². The summed E-state index contributed by atoms with van der Waals surface area (Å²) in [6.45, 7) is 1.43. The molecular formula is C18H20ClN7O2. The standard InChI is InChI=1S/C18H20ClN7O2/c19-11-4-13(6-14(27)5-11)20-7-15(28)26-3-1-2-12(8-26)25-18-16-17(22-9-21-16)23-10-24-18/h4-6,9-10,12,20,27H,1-3,7-8H2,(H2,21,22,23,24,25). The van der Waals surface area contributed by atoms with Crippen LogP contribution in [0.25, 0.3) is 11.2 Å². The van der Waals surface area contributed by atoms with Crippen LogP contribution in [0.1, 0.15) is 12.8 Å². The number of phenols is 1. The maximum atomic E-state index is 12.6. The predicted molar refractivity (Wildman–Crippen MR) is 107 cm³/mol. The molecule has 1 aromatic carbocycles. The van der Waals surface area contributed by atoms with E-state index >= 15 is 0 Å². The Morgan fingerprint density at radius 1 is 1.32 bits per heavy atom. The van der Waals surface area contributed by atoms with E-state index in [0.29, 0.717) is 35.3 Å². The topological polar surface area (TPSA) is 119 Å². The first-order chi connectivity index (χ1) is 13.6. The van der Waals surface area contributed by atoms with Crippen LogP contribution < -0.4 is 10.6 Å². The number of amides is 1. The van der Waals surface area contributed by atoms with Gasteiger partial charge < -0.3 is 25.6 Å². The summed E-state index contributed by atoms with van der Waals surface area (Å²) < 4.78 is 0. The predicted octanol–water partition coefficient (Wildman–Crippen LogP) is 2.23. The van der Waals surface area contributed by atoms with E-state index in [4.69, 9.17) is 11.6 Å². The highest BCUT2D eigenvalue weighted by Gasteiger charge is 2.24. The molecule has 2 aromatic heterocycles. The number of aromatic nitrogens is 4. The second-order valence-electron chi connectivity index (χ2n) is 6.70. The number of fused-ring (bicyclic) bond motifs is 1. The Labute approximate surface area is 166 Å². The van der Waals surface area contributed by atoms with Gasteiger partial charge in [-0.15, -0.1) is 0 Å². The van der Waals surface area contributed by atoms with E-state index in [1.807, 2.05) is 4.90 Å². The van der Waals surface area contributed by atoms with Crippen molar-refractivity contribution in [2.75, 3.05) is 30.3 Å². The van der Waals surface area contributed by atoms with Gasteiger partial charge in [0, 0.05) is 35.9 Å². The Kier molecular flexibility index (Phi) is 5.16. The van der Waals surface area contributed by atoms with Crippen molar-refractivity contribution in [3.8, 4) is 5.75 Å². The van der Waals surface area contributed by atoms with Gasteiger partial charge in [-0.1, -0.05) is 11.6 Å². The van der Waals surface area contributed by atoms with Gasteiger partial charge in [-0.05, 0) is 25.0 Å². The van der Waals surface area contributed by atoms with Crippen LogP contribution in [-0.4, -0.2) is 61.5 Å². The van der Waals surface area contributed by atoms with E-state index in [0.717, 1.165) is 18.4 Å². The van der Waals surface area contributed by atoms with Crippen LogP contribution in [0.3, 0.4) is 0 Å². The first-order valence-electron chi connectivity index (χ1n) is 9.00. The number of carbonyl (C=O) groups excluding carboxylic acids is 1. The van der Waals surface area contributed by atoms with Gasteiger partial charge in [0.2, 0.25) is 5.91 Å². The number of phenolic OH excluding ortho intramolecular Hbond substituents is 1. The molecule has 4 N–H and O–H groups in total. The van der Waals surface area contributed by atoms with Crippen LogP contribution in [0.5, 0.6) is 5.75 Å². The minimum absolute atomic E-state index is 0.0136. The fraction of sp³-hybridized carbons (Fsp3) is 0.333. The fourth-order valence-corrected chi connectivity index (χ4v) is 3.58. The molecule has 1 unspecified atom stereocenters. The number of hydrogen-bond acceptors (Lipinski definition) is 7. The number of nitrogens with one attached hydrogen (secondary N) is 3. The summed E-state index contributed by atoms with van der Waals surface area (Å²) in [6.07, 6.45) is 4.90. The first kappa shape index (κ1) is 18.3. The highest BCUT2D eigenvalue weighted by Crippen LogP contribution is 2.23. The number of halogens is 1. The quantitative estimate of drug-likeness (QED) is 0.517. The summed E-state index contributed by atoms with van der Waals surface area (Å²) in [5, 5.41) is 16.4. The van der Waals surface area contributed by atoms with Gasteiger partial charge in [-0.3, -0.25) is 4.79 Å². The number of piperidine rings is 1. The molecule has 3 heterocycles. The van der Waals surface area contributed by atoms with Gasteiger partial charge in [0.25, 0.3) is 0 Å². The molecule has 146 valence electrons. The Morgan fingerprint density at radius 2 is 2.21 bits per heavy atom. The average molecular weight is 402 g/mol. The Hall–Kier alpha value is -3.07. The number of aromatic hydroxyl groups is 1. The maximum absolute atomic E-state index is 12.6. The molecular weight excluding hydrogens is 382 g/mol. The lowest BCUT2D eigenvalue weighted by molar-refractivity contribution is -0.130. The number of benzene rings is 1. The van der Waals surface area contributed by atoms with Crippen molar-refractivity contribution < 1.29 is 9.90 Å². The largest absolute Gasteiger partial charge is 0.508 e. The van der Waals surface area contributed by atoms with Crippen LogP contribution in [0, 0.1) is 0 Å². The molecule has 4 rings (SSSR count). The zero-order chi connectivity index (χ0) is 19.5. The third-order valence-corrected chi connectivity index (χ3v) is 4.88. The van der Waals surface area contributed by atoms with E-state index in [1.54, 1.807) is 12.4 Å². The summed E-state index contributed by atoms with van der Waals surface area (Å²) in [6, 6.07) is 4.73. The number of imidazole rings is 1. The van der Waals surface area contributed by atoms with Crippen molar-refractivity contribution >= 4 is 40.2 Å². The van der Waals surface area contributed by atoms with Crippen LogP contribution in [0.4, 0.5) is 11.5 Å². The van der Waals surface area contributed by atoms with Crippen LogP contribution in [-0.2, 0) is 4.79 Å². The zero-order valence-corrected chi connectivity index (χ0v) is 15.8. The Bertz CT molecular complexity index is 973. The molecule has 28 heavy (non-hydrogen) atoms. The van der Waals surface area contributed by atoms with E-state index < -0.39 is 0 Å². The summed E-state index contributed by atoms with van der Waals surface area (Å²) in [4.78, 5) is 30.0. The van der Waals surface area contributed by atoms with Gasteiger partial charge >= 0.3 is 0 Å². The van der Waals surface area contributed by atoms with Crippen molar-refractivity contribution in [2.24, 2.45) is 0 Å². The maximum Gasteiger partial charge on any atom is 0.241 e. The number of H-pyrrole nitrogens is 1. The number of likely N-dealkylation sites (tertiary alicyclic amines) is 1. The second kappa shape index (κ2) is 7.89. The van der Waals surface area contributed by atoms with Gasteiger partial charge in [-0.2, -0.15) is 0 Å². The van der Waals surface area contributed by atoms with E-state index in [-0.39, 0.29) is 24.2 Å². The van der Waals surface area contributed by atoms with Crippen molar-refractivity contribution in [2.45, 2.75) is 18.9 Å². The minimum Gasteiger partial charge on any atom is -0.508 e. The van der Waals surface area contributed by atoms with Crippen LogP contribution >= 0.6 is 11.6 Å². The van der Waals surface area contributed by atoms with E-state index in [1.165, 1.54) is 18.5 Å². The SMILES string of the molecule is O=C(CNc1cc(O)cc(Cl)c1)N1CCCC(Nc2ncnc3nc[nH]c23)C1. The van der Waals surface area contributed by atoms with Crippen molar-refractivity contribution in [3.63, 3.8) is 0 Å². The normalized spacial score (nSPS) is 16.9.